The van der Waals surface area contributed by atoms with Gasteiger partial charge in [-0.05, 0) is 41.8 Å². The lowest BCUT2D eigenvalue weighted by atomic mass is 9.92. The van der Waals surface area contributed by atoms with E-state index in [9.17, 15) is 13.2 Å². The van der Waals surface area contributed by atoms with Crippen molar-refractivity contribution in [3.63, 3.8) is 0 Å². The van der Waals surface area contributed by atoms with Gasteiger partial charge in [0.2, 0.25) is 0 Å². The van der Waals surface area contributed by atoms with Gasteiger partial charge in [0.15, 0.2) is 0 Å². The van der Waals surface area contributed by atoms with E-state index in [-0.39, 0.29) is 16.0 Å². The van der Waals surface area contributed by atoms with Crippen molar-refractivity contribution >= 4 is 32.5 Å². The van der Waals surface area contributed by atoms with Gasteiger partial charge in [-0.1, -0.05) is 45.0 Å². The molecule has 4 rings (SSSR count). The van der Waals surface area contributed by atoms with Gasteiger partial charge in [0.1, 0.15) is 5.69 Å². The first-order valence-corrected chi connectivity index (χ1v) is 12.0. The number of amides is 1. The highest BCUT2D eigenvalue weighted by molar-refractivity contribution is 7.90. The number of hydrogen-bond donors (Lipinski definition) is 2. The molecule has 2 heterocycles. The molecule has 0 aliphatic carbocycles. The molecule has 3 N–H and O–H groups in total. The fourth-order valence-corrected chi connectivity index (χ4v) is 4.67. The van der Waals surface area contributed by atoms with Crippen molar-refractivity contribution in [1.29, 1.82) is 0 Å². The molecule has 0 radical (unpaired) electrons. The van der Waals surface area contributed by atoms with Crippen LogP contribution in [0.1, 0.15) is 42.6 Å². The van der Waals surface area contributed by atoms with E-state index in [1.807, 2.05) is 62.7 Å². The summed E-state index contributed by atoms with van der Waals surface area (Å²) in [6.45, 7) is 6.27. The molecule has 9 heteroatoms. The third-order valence-corrected chi connectivity index (χ3v) is 6.87. The van der Waals surface area contributed by atoms with E-state index >= 15 is 0 Å². The van der Waals surface area contributed by atoms with Crippen LogP contribution < -0.4 is 10.5 Å². The summed E-state index contributed by atoms with van der Waals surface area (Å²) in [7, 11) is -2.15. The van der Waals surface area contributed by atoms with Crippen LogP contribution in [0.5, 0.6) is 0 Å². The lowest BCUT2D eigenvalue weighted by Gasteiger charge is -2.14. The number of nitrogen functional groups attached to an aromatic ring is 1. The molecule has 0 aliphatic heterocycles. The number of carbonyl (C=O) groups excluding carboxylic acids is 1. The largest absolute Gasteiger partial charge is 0.399 e. The number of para-hydroxylation sites is 1. The van der Waals surface area contributed by atoms with E-state index < -0.39 is 15.9 Å². The van der Waals surface area contributed by atoms with E-state index in [0.717, 1.165) is 16.6 Å². The molecule has 1 amide bonds. The predicted molar refractivity (Wildman–Crippen MR) is 128 cm³/mol. The van der Waals surface area contributed by atoms with Gasteiger partial charge < -0.3 is 10.3 Å². The maximum absolute atomic E-state index is 13.1. The normalized spacial score (nSPS) is 12.2. The minimum atomic E-state index is -4.10. The van der Waals surface area contributed by atoms with Gasteiger partial charge in [0.05, 0.1) is 17.1 Å². The number of nitrogens with zero attached hydrogens (tertiary/aromatic N) is 3. The maximum Gasteiger partial charge on any atom is 0.283 e. The van der Waals surface area contributed by atoms with Crippen LogP contribution in [0.15, 0.2) is 65.6 Å². The second-order valence-electron chi connectivity index (χ2n) is 9.08. The number of carbonyl (C=O) groups is 1. The Kier molecular flexibility index (Phi) is 5.53. The fourth-order valence-electron chi connectivity index (χ4n) is 3.65. The monoisotopic (exact) mass is 465 g/mol. The van der Waals surface area contributed by atoms with Crippen LogP contribution in [0.3, 0.4) is 0 Å². The average molecular weight is 466 g/mol. The number of benzene rings is 2. The van der Waals surface area contributed by atoms with Crippen molar-refractivity contribution in [2.24, 2.45) is 7.05 Å². The van der Waals surface area contributed by atoms with Gasteiger partial charge >= 0.3 is 0 Å². The SMILES string of the molecule is Cn1c(Cn2nc(C(C)(C)C)cc2C(=O)NS(=O)(=O)c2cccc(N)c2)cc2ccccc21. The molecule has 172 valence electrons. The molecular weight excluding hydrogens is 438 g/mol. The second kappa shape index (κ2) is 8.08. The van der Waals surface area contributed by atoms with Gasteiger partial charge in [-0.15, -0.1) is 0 Å². The van der Waals surface area contributed by atoms with Gasteiger partial charge in [0, 0.05) is 29.4 Å². The second-order valence-corrected chi connectivity index (χ2v) is 10.8. The Balaban J connectivity index is 1.72. The van der Waals surface area contributed by atoms with Crippen molar-refractivity contribution in [2.45, 2.75) is 37.6 Å². The topological polar surface area (TPSA) is 112 Å². The van der Waals surface area contributed by atoms with E-state index in [1.54, 1.807) is 16.8 Å². The Bertz CT molecular complexity index is 1460. The summed E-state index contributed by atoms with van der Waals surface area (Å²) >= 11 is 0. The Morgan fingerprint density at radius 2 is 1.79 bits per heavy atom. The van der Waals surface area contributed by atoms with Gasteiger partial charge in [-0.3, -0.25) is 9.48 Å². The molecule has 0 spiro atoms. The molecule has 4 aromatic rings. The number of fused-ring (bicyclic) bond motifs is 1. The Labute approximate surface area is 193 Å². The molecule has 2 aromatic carbocycles. The van der Waals surface area contributed by atoms with E-state index in [4.69, 9.17) is 5.73 Å². The zero-order valence-electron chi connectivity index (χ0n) is 19.0. The minimum Gasteiger partial charge on any atom is -0.399 e. The molecule has 0 aliphatic rings. The van der Waals surface area contributed by atoms with Crippen molar-refractivity contribution in [2.75, 3.05) is 5.73 Å². The van der Waals surface area contributed by atoms with E-state index in [2.05, 4.69) is 9.82 Å². The summed E-state index contributed by atoms with van der Waals surface area (Å²) in [4.78, 5) is 13.1. The summed E-state index contributed by atoms with van der Waals surface area (Å²) in [5.41, 5.74) is 8.53. The van der Waals surface area contributed by atoms with Crippen LogP contribution >= 0.6 is 0 Å². The average Bonchev–Trinajstić information content (AvgIpc) is 3.30. The number of aromatic nitrogens is 3. The number of aryl methyl sites for hydroxylation is 1. The number of sulfonamides is 1. The number of rotatable bonds is 5. The van der Waals surface area contributed by atoms with Crippen molar-refractivity contribution in [3.05, 3.63) is 77.7 Å². The highest BCUT2D eigenvalue weighted by Gasteiger charge is 2.26. The highest BCUT2D eigenvalue weighted by Crippen LogP contribution is 2.24. The Morgan fingerprint density at radius 3 is 2.45 bits per heavy atom. The predicted octanol–water partition coefficient (Wildman–Crippen LogP) is 3.42. The first kappa shape index (κ1) is 22.6. The zero-order chi connectivity index (χ0) is 24.0. The molecule has 0 saturated heterocycles. The van der Waals surface area contributed by atoms with Crippen LogP contribution in [-0.2, 0) is 29.0 Å². The molecular formula is C24H27N5O3S. The van der Waals surface area contributed by atoms with Crippen LogP contribution in [0, 0.1) is 0 Å². The smallest absolute Gasteiger partial charge is 0.283 e. The molecule has 8 nitrogen and oxygen atoms in total. The molecule has 0 atom stereocenters. The van der Waals surface area contributed by atoms with Crippen LogP contribution in [0.4, 0.5) is 5.69 Å². The third-order valence-electron chi connectivity index (χ3n) is 5.54. The molecule has 0 unspecified atom stereocenters. The number of anilines is 1. The minimum absolute atomic E-state index is 0.0772. The van der Waals surface area contributed by atoms with Crippen molar-refractivity contribution in [3.8, 4) is 0 Å². The van der Waals surface area contributed by atoms with E-state index in [1.165, 1.54) is 18.2 Å². The van der Waals surface area contributed by atoms with Gasteiger partial charge in [-0.2, -0.15) is 5.10 Å². The first-order valence-electron chi connectivity index (χ1n) is 10.5. The van der Waals surface area contributed by atoms with Gasteiger partial charge in [-0.25, -0.2) is 13.1 Å². The summed E-state index contributed by atoms with van der Waals surface area (Å²) in [5, 5.41) is 5.73. The number of nitrogens with one attached hydrogen (secondary N) is 1. The number of nitrogens with two attached hydrogens (primary N) is 1. The Hall–Kier alpha value is -3.59. The van der Waals surface area contributed by atoms with Crippen molar-refractivity contribution < 1.29 is 13.2 Å². The van der Waals surface area contributed by atoms with Crippen molar-refractivity contribution in [1.82, 2.24) is 19.1 Å². The quantitative estimate of drug-likeness (QED) is 0.439. The fraction of sp³-hybridized carbons (Fsp3) is 0.250. The molecule has 2 aromatic heterocycles. The summed E-state index contributed by atoms with van der Waals surface area (Å²) in [6.07, 6.45) is 0. The number of hydrogen-bond acceptors (Lipinski definition) is 5. The highest BCUT2D eigenvalue weighted by atomic mass is 32.2. The zero-order valence-corrected chi connectivity index (χ0v) is 19.8. The van der Waals surface area contributed by atoms with Crippen LogP contribution in [0.25, 0.3) is 10.9 Å². The lowest BCUT2D eigenvalue weighted by Crippen LogP contribution is -2.32. The molecule has 0 fully saturated rings. The first-order chi connectivity index (χ1) is 15.5. The van der Waals surface area contributed by atoms with E-state index in [0.29, 0.717) is 17.9 Å². The summed E-state index contributed by atoms with van der Waals surface area (Å²) in [5.74, 6) is -0.751. The molecule has 33 heavy (non-hydrogen) atoms. The summed E-state index contributed by atoms with van der Waals surface area (Å²) < 4.78 is 31.3. The Morgan fingerprint density at radius 1 is 1.06 bits per heavy atom. The van der Waals surface area contributed by atoms with Crippen LogP contribution in [0.2, 0.25) is 0 Å². The molecule has 0 bridgehead atoms. The maximum atomic E-state index is 13.1. The standard InChI is InChI=1S/C24H27N5O3S/c1-24(2,3)22-14-21(23(30)27-33(31,32)19-10-7-9-17(25)13-19)29(26-22)15-18-12-16-8-5-6-11-20(16)28(18)4/h5-14H,15,25H2,1-4H3,(H,27,30). The third kappa shape index (κ3) is 4.49. The van der Waals surface area contributed by atoms with Gasteiger partial charge in [0.25, 0.3) is 15.9 Å². The lowest BCUT2D eigenvalue weighted by molar-refractivity contribution is 0.0971. The molecule has 0 saturated carbocycles. The van der Waals surface area contributed by atoms with Crippen LogP contribution in [-0.4, -0.2) is 28.7 Å². The summed E-state index contributed by atoms with van der Waals surface area (Å²) in [6, 6.07) is 17.5.